The Morgan fingerprint density at radius 1 is 1.28 bits per heavy atom. The van der Waals surface area contributed by atoms with Gasteiger partial charge in [-0.2, -0.15) is 0 Å². The summed E-state index contributed by atoms with van der Waals surface area (Å²) in [5.74, 6) is -1.04. The van der Waals surface area contributed by atoms with Crippen LogP contribution in [-0.2, 0) is 0 Å². The van der Waals surface area contributed by atoms with Crippen molar-refractivity contribution in [2.75, 3.05) is 22.5 Å². The van der Waals surface area contributed by atoms with Crippen LogP contribution in [-0.4, -0.2) is 18.5 Å². The average Bonchev–Trinajstić information content (AvgIpc) is 2.58. The van der Waals surface area contributed by atoms with Gasteiger partial charge in [0.1, 0.15) is 5.82 Å². The van der Waals surface area contributed by atoms with Crippen molar-refractivity contribution in [3.8, 4) is 0 Å². The number of nitrogens with two attached hydrogens (primary N) is 1. The summed E-state index contributed by atoms with van der Waals surface area (Å²) in [5.41, 5.74) is 9.26. The Labute approximate surface area is 147 Å². The van der Waals surface area contributed by atoms with E-state index in [0.29, 0.717) is 17.4 Å². The van der Waals surface area contributed by atoms with Crippen LogP contribution in [0.2, 0.25) is 0 Å². The maximum atomic E-state index is 13.8. The van der Waals surface area contributed by atoms with E-state index < -0.39 is 11.7 Å². The number of aryl methyl sites for hydroxylation is 1. The minimum absolute atomic E-state index is 0.00960. The van der Waals surface area contributed by atoms with Gasteiger partial charge < -0.3 is 16.0 Å². The number of amides is 1. The van der Waals surface area contributed by atoms with Crippen molar-refractivity contribution in [1.82, 2.24) is 0 Å². The summed E-state index contributed by atoms with van der Waals surface area (Å²) in [5, 5.41) is 2.76. The number of nitrogens with zero attached hydrogens (tertiary/aromatic N) is 1. The van der Waals surface area contributed by atoms with Crippen LogP contribution in [0.15, 0.2) is 36.4 Å². The lowest BCUT2D eigenvalue weighted by Gasteiger charge is -2.36. The Kier molecular flexibility index (Phi) is 4.93. The number of rotatable bonds is 3. The molecule has 1 aliphatic heterocycles. The number of benzene rings is 2. The number of hydrogen-bond donors (Lipinski definition) is 2. The van der Waals surface area contributed by atoms with Crippen molar-refractivity contribution in [2.45, 2.75) is 39.2 Å². The molecule has 0 bridgehead atoms. The molecule has 1 saturated heterocycles. The third kappa shape index (κ3) is 3.60. The zero-order valence-electron chi connectivity index (χ0n) is 14.7. The summed E-state index contributed by atoms with van der Waals surface area (Å²) in [7, 11) is 0. The fourth-order valence-electron chi connectivity index (χ4n) is 3.43. The van der Waals surface area contributed by atoms with Gasteiger partial charge >= 0.3 is 0 Å². The van der Waals surface area contributed by atoms with Crippen molar-refractivity contribution in [3.63, 3.8) is 0 Å². The van der Waals surface area contributed by atoms with Gasteiger partial charge in [-0.1, -0.05) is 12.1 Å². The predicted molar refractivity (Wildman–Crippen MR) is 101 cm³/mol. The minimum Gasteiger partial charge on any atom is -0.397 e. The summed E-state index contributed by atoms with van der Waals surface area (Å²) in [4.78, 5) is 14.8. The van der Waals surface area contributed by atoms with Crippen LogP contribution in [0.3, 0.4) is 0 Å². The lowest BCUT2D eigenvalue weighted by molar-refractivity contribution is 0.102. The first-order valence-electron chi connectivity index (χ1n) is 8.70. The summed E-state index contributed by atoms with van der Waals surface area (Å²) in [6, 6.07) is 10.2. The van der Waals surface area contributed by atoms with Gasteiger partial charge in [-0.3, -0.25) is 4.79 Å². The molecule has 3 rings (SSSR count). The SMILES string of the molecule is Cc1cc(N)c(NC(=O)c2ccccc2F)cc1N1CCCC[C@H]1C. The van der Waals surface area contributed by atoms with E-state index in [-0.39, 0.29) is 5.56 Å². The Balaban J connectivity index is 1.90. The molecule has 1 heterocycles. The molecule has 4 nitrogen and oxygen atoms in total. The molecule has 2 aromatic carbocycles. The van der Waals surface area contributed by atoms with Crippen molar-refractivity contribution < 1.29 is 9.18 Å². The Bertz CT molecular complexity index is 791. The number of hydrogen-bond acceptors (Lipinski definition) is 3. The van der Waals surface area contributed by atoms with E-state index in [2.05, 4.69) is 17.1 Å². The highest BCUT2D eigenvalue weighted by Gasteiger charge is 2.21. The van der Waals surface area contributed by atoms with Crippen LogP contribution in [0.1, 0.15) is 42.1 Å². The molecule has 0 spiro atoms. The largest absolute Gasteiger partial charge is 0.397 e. The van der Waals surface area contributed by atoms with E-state index in [4.69, 9.17) is 5.73 Å². The first-order chi connectivity index (χ1) is 12.0. The number of carbonyl (C=O) groups excluding carboxylic acids is 1. The van der Waals surface area contributed by atoms with Gasteiger partial charge in [-0.05, 0) is 62.9 Å². The molecule has 3 N–H and O–H groups in total. The van der Waals surface area contributed by atoms with Crippen molar-refractivity contribution in [3.05, 3.63) is 53.3 Å². The lowest BCUT2D eigenvalue weighted by atomic mass is 10.0. The second-order valence-electron chi connectivity index (χ2n) is 6.70. The highest BCUT2D eigenvalue weighted by atomic mass is 19.1. The summed E-state index contributed by atoms with van der Waals surface area (Å²) in [6.07, 6.45) is 3.55. The molecule has 5 heteroatoms. The van der Waals surface area contributed by atoms with Gasteiger partial charge in [0.05, 0.1) is 16.9 Å². The molecule has 1 amide bonds. The average molecular weight is 341 g/mol. The van der Waals surface area contributed by atoms with E-state index >= 15 is 0 Å². The molecule has 1 aliphatic rings. The Morgan fingerprint density at radius 2 is 2.04 bits per heavy atom. The molecule has 2 aromatic rings. The molecule has 132 valence electrons. The van der Waals surface area contributed by atoms with Crippen molar-refractivity contribution >= 4 is 23.0 Å². The molecule has 25 heavy (non-hydrogen) atoms. The second-order valence-corrected chi connectivity index (χ2v) is 6.70. The van der Waals surface area contributed by atoms with Gasteiger partial charge in [0.25, 0.3) is 5.91 Å². The number of nitrogens with one attached hydrogen (secondary N) is 1. The van der Waals surface area contributed by atoms with Crippen LogP contribution in [0.4, 0.5) is 21.5 Å². The number of anilines is 3. The number of halogens is 1. The number of nitrogen functional groups attached to an aromatic ring is 1. The van der Waals surface area contributed by atoms with Gasteiger partial charge in [-0.15, -0.1) is 0 Å². The van der Waals surface area contributed by atoms with Crippen LogP contribution in [0, 0.1) is 12.7 Å². The molecule has 0 unspecified atom stereocenters. The Morgan fingerprint density at radius 3 is 2.76 bits per heavy atom. The van der Waals surface area contributed by atoms with Gasteiger partial charge in [0, 0.05) is 18.3 Å². The summed E-state index contributed by atoms with van der Waals surface area (Å²) < 4.78 is 13.8. The van der Waals surface area contributed by atoms with Crippen molar-refractivity contribution in [1.29, 1.82) is 0 Å². The van der Waals surface area contributed by atoms with Crippen LogP contribution < -0.4 is 16.0 Å². The fraction of sp³-hybridized carbons (Fsp3) is 0.350. The van der Waals surface area contributed by atoms with E-state index in [9.17, 15) is 9.18 Å². The van der Waals surface area contributed by atoms with E-state index in [1.807, 2.05) is 19.1 Å². The molecule has 0 aromatic heterocycles. The van der Waals surface area contributed by atoms with Crippen LogP contribution >= 0.6 is 0 Å². The quantitative estimate of drug-likeness (QED) is 0.816. The fourth-order valence-corrected chi connectivity index (χ4v) is 3.43. The smallest absolute Gasteiger partial charge is 0.258 e. The van der Waals surface area contributed by atoms with Crippen molar-refractivity contribution in [2.24, 2.45) is 0 Å². The molecular weight excluding hydrogens is 317 g/mol. The number of piperidine rings is 1. The highest BCUT2D eigenvalue weighted by molar-refractivity contribution is 6.06. The number of carbonyl (C=O) groups is 1. The standard InChI is InChI=1S/C20H24FN3O/c1-13-11-17(22)18(12-19(13)24-10-6-5-7-14(24)2)23-20(25)15-8-3-4-9-16(15)21/h3-4,8-9,11-12,14H,5-7,10,22H2,1-2H3,(H,23,25)/t14-/m1/s1. The lowest BCUT2D eigenvalue weighted by Crippen LogP contribution is -2.37. The van der Waals surface area contributed by atoms with E-state index in [0.717, 1.165) is 30.6 Å². The molecule has 1 fully saturated rings. The second kappa shape index (κ2) is 7.13. The summed E-state index contributed by atoms with van der Waals surface area (Å²) in [6.45, 7) is 5.23. The normalized spacial score (nSPS) is 17.4. The highest BCUT2D eigenvalue weighted by Crippen LogP contribution is 2.33. The molecular formula is C20H24FN3O. The zero-order valence-corrected chi connectivity index (χ0v) is 14.7. The van der Waals surface area contributed by atoms with Gasteiger partial charge in [-0.25, -0.2) is 4.39 Å². The maximum absolute atomic E-state index is 13.8. The minimum atomic E-state index is -0.546. The maximum Gasteiger partial charge on any atom is 0.258 e. The first kappa shape index (κ1) is 17.3. The third-order valence-corrected chi connectivity index (χ3v) is 4.85. The molecule has 0 saturated carbocycles. The molecule has 1 atom stereocenters. The van der Waals surface area contributed by atoms with E-state index in [1.165, 1.54) is 18.6 Å². The molecule has 0 radical (unpaired) electrons. The summed E-state index contributed by atoms with van der Waals surface area (Å²) >= 11 is 0. The van der Waals surface area contributed by atoms with E-state index in [1.54, 1.807) is 12.1 Å². The van der Waals surface area contributed by atoms with Crippen LogP contribution in [0.25, 0.3) is 0 Å². The topological polar surface area (TPSA) is 58.4 Å². The zero-order chi connectivity index (χ0) is 18.0. The van der Waals surface area contributed by atoms with Crippen LogP contribution in [0.5, 0.6) is 0 Å². The first-order valence-corrected chi connectivity index (χ1v) is 8.70. The molecule has 0 aliphatic carbocycles. The predicted octanol–water partition coefficient (Wildman–Crippen LogP) is 4.35. The van der Waals surface area contributed by atoms with Gasteiger partial charge in [0.2, 0.25) is 0 Å². The Hall–Kier alpha value is -2.56. The third-order valence-electron chi connectivity index (χ3n) is 4.85. The van der Waals surface area contributed by atoms with Gasteiger partial charge in [0.15, 0.2) is 0 Å². The monoisotopic (exact) mass is 341 g/mol.